The maximum Gasteiger partial charge on any atom is 0.159 e. The molecular formula is C17H29NO2. The minimum atomic E-state index is -0.0853. The van der Waals surface area contributed by atoms with Crippen LogP contribution in [-0.2, 0) is 9.47 Å². The number of anilines is 1. The van der Waals surface area contributed by atoms with Gasteiger partial charge in [-0.2, -0.15) is 0 Å². The summed E-state index contributed by atoms with van der Waals surface area (Å²) in [6, 6.07) is 10.6. The van der Waals surface area contributed by atoms with E-state index >= 15 is 0 Å². The number of benzene rings is 1. The van der Waals surface area contributed by atoms with Gasteiger partial charge in [-0.25, -0.2) is 0 Å². The Bertz CT molecular complexity index is 323. The number of unbranched alkanes of at least 4 members (excludes halogenated alkanes) is 1. The van der Waals surface area contributed by atoms with Gasteiger partial charge in [0.15, 0.2) is 6.29 Å². The summed E-state index contributed by atoms with van der Waals surface area (Å²) in [4.78, 5) is 2.43. The van der Waals surface area contributed by atoms with Crippen LogP contribution < -0.4 is 4.90 Å². The molecule has 0 aliphatic heterocycles. The minimum absolute atomic E-state index is 0.0853. The maximum absolute atomic E-state index is 5.62. The molecule has 0 radical (unpaired) electrons. The van der Waals surface area contributed by atoms with Crippen LogP contribution in [0.15, 0.2) is 30.3 Å². The van der Waals surface area contributed by atoms with Gasteiger partial charge in [0.05, 0.1) is 0 Å². The second kappa shape index (κ2) is 10.7. The lowest BCUT2D eigenvalue weighted by Crippen LogP contribution is -2.30. The van der Waals surface area contributed by atoms with E-state index in [-0.39, 0.29) is 6.29 Å². The summed E-state index contributed by atoms with van der Waals surface area (Å²) in [6.45, 7) is 9.71. The van der Waals surface area contributed by atoms with Crippen molar-refractivity contribution >= 4 is 5.69 Å². The quantitative estimate of drug-likeness (QED) is 0.570. The van der Waals surface area contributed by atoms with Crippen LogP contribution in [0, 0.1) is 0 Å². The summed E-state index contributed by atoms with van der Waals surface area (Å²) < 4.78 is 11.2. The molecule has 0 spiro atoms. The molecule has 114 valence electrons. The van der Waals surface area contributed by atoms with Crippen LogP contribution >= 0.6 is 0 Å². The van der Waals surface area contributed by atoms with E-state index in [4.69, 9.17) is 9.47 Å². The topological polar surface area (TPSA) is 21.7 Å². The van der Waals surface area contributed by atoms with Crippen LogP contribution in [0.2, 0.25) is 0 Å². The molecule has 0 unspecified atom stereocenters. The highest BCUT2D eigenvalue weighted by molar-refractivity contribution is 5.45. The van der Waals surface area contributed by atoms with E-state index in [0.717, 1.165) is 19.5 Å². The molecule has 0 N–H and O–H groups in total. The van der Waals surface area contributed by atoms with Crippen molar-refractivity contribution in [3.05, 3.63) is 30.3 Å². The van der Waals surface area contributed by atoms with E-state index < -0.39 is 0 Å². The molecule has 20 heavy (non-hydrogen) atoms. The van der Waals surface area contributed by atoms with Gasteiger partial charge < -0.3 is 14.4 Å². The lowest BCUT2D eigenvalue weighted by atomic mass is 10.2. The number of hydrogen-bond donors (Lipinski definition) is 0. The first-order valence-electron chi connectivity index (χ1n) is 7.85. The SMILES string of the molecule is CCCCN(CCC(OCC)OCC)c1ccccc1. The lowest BCUT2D eigenvalue weighted by molar-refractivity contribution is -0.138. The van der Waals surface area contributed by atoms with E-state index in [1.807, 2.05) is 13.8 Å². The van der Waals surface area contributed by atoms with Gasteiger partial charge in [0, 0.05) is 38.4 Å². The van der Waals surface area contributed by atoms with Crippen molar-refractivity contribution in [2.24, 2.45) is 0 Å². The van der Waals surface area contributed by atoms with Crippen LogP contribution in [-0.4, -0.2) is 32.6 Å². The molecule has 1 aromatic rings. The van der Waals surface area contributed by atoms with Crippen molar-refractivity contribution in [2.45, 2.75) is 46.3 Å². The third-order valence-electron chi connectivity index (χ3n) is 3.24. The largest absolute Gasteiger partial charge is 0.371 e. The smallest absolute Gasteiger partial charge is 0.159 e. The van der Waals surface area contributed by atoms with Gasteiger partial charge in [-0.3, -0.25) is 0 Å². The number of para-hydroxylation sites is 1. The van der Waals surface area contributed by atoms with Crippen molar-refractivity contribution in [1.82, 2.24) is 0 Å². The third kappa shape index (κ3) is 6.40. The third-order valence-corrected chi connectivity index (χ3v) is 3.24. The second-order valence-electron chi connectivity index (χ2n) is 4.81. The zero-order valence-electron chi connectivity index (χ0n) is 13.2. The molecule has 0 aromatic heterocycles. The predicted molar refractivity (Wildman–Crippen MR) is 85.2 cm³/mol. The van der Waals surface area contributed by atoms with Crippen LogP contribution in [0.25, 0.3) is 0 Å². The molecule has 0 aliphatic rings. The van der Waals surface area contributed by atoms with Crippen LogP contribution in [0.1, 0.15) is 40.0 Å². The molecule has 0 bridgehead atoms. The highest BCUT2D eigenvalue weighted by Crippen LogP contribution is 2.16. The molecule has 3 heteroatoms. The van der Waals surface area contributed by atoms with E-state index in [2.05, 4.69) is 42.2 Å². The van der Waals surface area contributed by atoms with E-state index in [1.54, 1.807) is 0 Å². The van der Waals surface area contributed by atoms with Crippen molar-refractivity contribution in [1.29, 1.82) is 0 Å². The first-order chi connectivity index (χ1) is 9.81. The van der Waals surface area contributed by atoms with Crippen LogP contribution in [0.4, 0.5) is 5.69 Å². The first-order valence-corrected chi connectivity index (χ1v) is 7.85. The number of rotatable bonds is 11. The Kier molecular flexibility index (Phi) is 9.09. The molecule has 3 nitrogen and oxygen atoms in total. The number of ether oxygens (including phenoxy) is 2. The highest BCUT2D eigenvalue weighted by atomic mass is 16.7. The average Bonchev–Trinajstić information content (AvgIpc) is 2.48. The van der Waals surface area contributed by atoms with Crippen LogP contribution in [0.5, 0.6) is 0 Å². The van der Waals surface area contributed by atoms with Gasteiger partial charge in [0.1, 0.15) is 0 Å². The van der Waals surface area contributed by atoms with E-state index in [0.29, 0.717) is 13.2 Å². The van der Waals surface area contributed by atoms with Crippen molar-refractivity contribution in [3.63, 3.8) is 0 Å². The second-order valence-corrected chi connectivity index (χ2v) is 4.81. The fraction of sp³-hybridized carbons (Fsp3) is 0.647. The molecule has 0 aliphatic carbocycles. The van der Waals surface area contributed by atoms with E-state index in [9.17, 15) is 0 Å². The van der Waals surface area contributed by atoms with Crippen molar-refractivity contribution in [3.8, 4) is 0 Å². The Labute approximate surface area is 123 Å². The summed E-state index contributed by atoms with van der Waals surface area (Å²) >= 11 is 0. The zero-order chi connectivity index (χ0) is 14.6. The monoisotopic (exact) mass is 279 g/mol. The van der Waals surface area contributed by atoms with Crippen molar-refractivity contribution < 1.29 is 9.47 Å². The first kappa shape index (κ1) is 17.0. The Morgan fingerprint density at radius 3 is 2.15 bits per heavy atom. The predicted octanol–water partition coefficient (Wildman–Crippen LogP) is 4.08. The zero-order valence-corrected chi connectivity index (χ0v) is 13.2. The molecule has 1 rings (SSSR count). The fourth-order valence-electron chi connectivity index (χ4n) is 2.21. The molecule has 0 atom stereocenters. The Balaban J connectivity index is 2.55. The number of nitrogens with zero attached hydrogens (tertiary/aromatic N) is 1. The number of hydrogen-bond acceptors (Lipinski definition) is 3. The highest BCUT2D eigenvalue weighted by Gasteiger charge is 2.12. The molecular weight excluding hydrogens is 250 g/mol. The normalized spacial score (nSPS) is 11.0. The standard InChI is InChI=1S/C17H29NO2/c1-4-7-14-18(16-11-9-8-10-12-16)15-13-17(19-5-2)20-6-3/h8-12,17H,4-7,13-15H2,1-3H3. The molecule has 0 fully saturated rings. The Hall–Kier alpha value is -1.06. The molecule has 1 aromatic carbocycles. The van der Waals surface area contributed by atoms with Gasteiger partial charge in [-0.1, -0.05) is 31.5 Å². The summed E-state index contributed by atoms with van der Waals surface area (Å²) in [5, 5.41) is 0. The summed E-state index contributed by atoms with van der Waals surface area (Å²) in [5.41, 5.74) is 1.28. The van der Waals surface area contributed by atoms with Gasteiger partial charge >= 0.3 is 0 Å². The van der Waals surface area contributed by atoms with Gasteiger partial charge in [0.25, 0.3) is 0 Å². The summed E-state index contributed by atoms with van der Waals surface area (Å²) in [5.74, 6) is 0. The molecule has 0 saturated carbocycles. The molecule has 0 heterocycles. The Morgan fingerprint density at radius 1 is 0.950 bits per heavy atom. The summed E-state index contributed by atoms with van der Waals surface area (Å²) in [7, 11) is 0. The molecule has 0 amide bonds. The van der Waals surface area contributed by atoms with Gasteiger partial charge in [-0.05, 0) is 32.4 Å². The average molecular weight is 279 g/mol. The van der Waals surface area contributed by atoms with Gasteiger partial charge in [-0.15, -0.1) is 0 Å². The van der Waals surface area contributed by atoms with Crippen molar-refractivity contribution in [2.75, 3.05) is 31.2 Å². The molecule has 0 saturated heterocycles. The van der Waals surface area contributed by atoms with E-state index in [1.165, 1.54) is 18.5 Å². The lowest BCUT2D eigenvalue weighted by Gasteiger charge is -2.27. The van der Waals surface area contributed by atoms with Crippen LogP contribution in [0.3, 0.4) is 0 Å². The fourth-order valence-corrected chi connectivity index (χ4v) is 2.21. The maximum atomic E-state index is 5.62. The minimum Gasteiger partial charge on any atom is -0.371 e. The summed E-state index contributed by atoms with van der Waals surface area (Å²) in [6.07, 6.45) is 3.24. The Morgan fingerprint density at radius 2 is 1.60 bits per heavy atom. The van der Waals surface area contributed by atoms with Gasteiger partial charge in [0.2, 0.25) is 0 Å².